The molecule has 2 aromatic heterocycles. The molecule has 29 heavy (non-hydrogen) atoms. The zero-order valence-corrected chi connectivity index (χ0v) is 18.1. The van der Waals surface area contributed by atoms with E-state index in [2.05, 4.69) is 4.98 Å². The minimum atomic E-state index is -0.867. The molecule has 1 fully saturated rings. The van der Waals surface area contributed by atoms with Crippen LogP contribution in [0.15, 0.2) is 23.1 Å². The molecule has 0 aromatic carbocycles. The lowest BCUT2D eigenvalue weighted by Gasteiger charge is -2.42. The van der Waals surface area contributed by atoms with E-state index in [9.17, 15) is 14.7 Å². The van der Waals surface area contributed by atoms with Crippen molar-refractivity contribution in [1.82, 2.24) is 14.5 Å². The highest BCUT2D eigenvalue weighted by atomic mass is 35.5. The van der Waals surface area contributed by atoms with Crippen LogP contribution in [-0.2, 0) is 7.05 Å². The topological polar surface area (TPSA) is 84.7 Å². The minimum Gasteiger partial charge on any atom is -0.489 e. The second-order valence-electron chi connectivity index (χ2n) is 8.71. The molecule has 158 valence electrons. The Hall–Kier alpha value is -2.28. The van der Waals surface area contributed by atoms with Crippen LogP contribution in [0.2, 0.25) is 5.02 Å². The summed E-state index contributed by atoms with van der Waals surface area (Å²) in [5.41, 5.74) is 0.664. The van der Waals surface area contributed by atoms with Crippen LogP contribution in [0, 0.1) is 5.92 Å². The number of aromatic nitrogens is 2. The van der Waals surface area contributed by atoms with Gasteiger partial charge in [-0.15, -0.1) is 0 Å². The number of fused-ring (bicyclic) bond motifs is 1. The molecule has 0 atom stereocenters. The van der Waals surface area contributed by atoms with E-state index in [4.69, 9.17) is 16.3 Å². The minimum absolute atomic E-state index is 0.0231. The van der Waals surface area contributed by atoms with Gasteiger partial charge in [0.1, 0.15) is 10.5 Å². The van der Waals surface area contributed by atoms with Gasteiger partial charge in [-0.05, 0) is 58.4 Å². The van der Waals surface area contributed by atoms with Crippen molar-refractivity contribution >= 4 is 28.7 Å². The molecule has 1 amide bonds. The second kappa shape index (κ2) is 8.22. The fourth-order valence-corrected chi connectivity index (χ4v) is 4.39. The second-order valence-corrected chi connectivity index (χ2v) is 9.12. The predicted molar refractivity (Wildman–Crippen MR) is 113 cm³/mol. The summed E-state index contributed by atoms with van der Waals surface area (Å²) in [6.45, 7) is 6.25. The van der Waals surface area contributed by atoms with Crippen LogP contribution in [0.1, 0.15) is 46.5 Å². The molecule has 7 nitrogen and oxygen atoms in total. The molecule has 1 N–H and O–H groups in total. The monoisotopic (exact) mass is 421 g/mol. The Morgan fingerprint density at radius 3 is 2.55 bits per heavy atom. The third kappa shape index (κ3) is 4.50. The van der Waals surface area contributed by atoms with E-state index >= 15 is 0 Å². The maximum Gasteiger partial charge on any atom is 0.407 e. The van der Waals surface area contributed by atoms with Crippen LogP contribution in [0.25, 0.3) is 11.0 Å². The van der Waals surface area contributed by atoms with E-state index in [1.54, 1.807) is 18.0 Å². The van der Waals surface area contributed by atoms with E-state index in [-0.39, 0.29) is 11.6 Å². The van der Waals surface area contributed by atoms with Crippen molar-refractivity contribution in [1.29, 1.82) is 0 Å². The summed E-state index contributed by atoms with van der Waals surface area (Å²) < 4.78 is 7.57. The summed E-state index contributed by atoms with van der Waals surface area (Å²) >= 11 is 6.32. The van der Waals surface area contributed by atoms with Crippen LogP contribution in [0.3, 0.4) is 0 Å². The molecule has 3 rings (SSSR count). The number of pyridine rings is 2. The highest BCUT2D eigenvalue weighted by molar-refractivity contribution is 6.32. The number of hydrogen-bond acceptors (Lipinski definition) is 4. The zero-order valence-electron chi connectivity index (χ0n) is 17.3. The van der Waals surface area contributed by atoms with Gasteiger partial charge in [-0.25, -0.2) is 4.79 Å². The maximum atomic E-state index is 12.0. The fraction of sp³-hybridized carbons (Fsp3) is 0.571. The zero-order chi connectivity index (χ0) is 21.3. The molecule has 0 radical (unpaired) electrons. The Morgan fingerprint density at radius 1 is 1.31 bits per heavy atom. The SMILES string of the molecule is Cn1c(=O)ccc2ncc(Cl)c(OCC3CCC(N(C(=O)O)C(C)(C)C)CC3)c21. The lowest BCUT2D eigenvalue weighted by atomic mass is 9.84. The number of rotatable bonds is 4. The van der Waals surface area contributed by atoms with Gasteiger partial charge in [0.2, 0.25) is 0 Å². The smallest absolute Gasteiger partial charge is 0.407 e. The Labute approximate surface area is 175 Å². The van der Waals surface area contributed by atoms with E-state index in [1.807, 2.05) is 20.8 Å². The molecular weight excluding hydrogens is 394 g/mol. The Kier molecular flexibility index (Phi) is 6.08. The van der Waals surface area contributed by atoms with E-state index < -0.39 is 11.6 Å². The van der Waals surface area contributed by atoms with Gasteiger partial charge in [0.15, 0.2) is 5.75 Å². The molecule has 0 aliphatic heterocycles. The summed E-state index contributed by atoms with van der Waals surface area (Å²) in [5, 5.41) is 9.98. The summed E-state index contributed by atoms with van der Waals surface area (Å²) in [4.78, 5) is 29.6. The van der Waals surface area contributed by atoms with Gasteiger partial charge >= 0.3 is 6.09 Å². The highest BCUT2D eigenvalue weighted by Gasteiger charge is 2.35. The van der Waals surface area contributed by atoms with Gasteiger partial charge in [-0.1, -0.05) is 11.6 Å². The number of nitrogens with zero attached hydrogens (tertiary/aromatic N) is 3. The molecule has 0 spiro atoms. The molecule has 2 heterocycles. The first kappa shape index (κ1) is 21.4. The normalized spacial score (nSPS) is 19.9. The number of aryl methyl sites for hydroxylation is 1. The van der Waals surface area contributed by atoms with Gasteiger partial charge in [-0.2, -0.15) is 0 Å². The highest BCUT2D eigenvalue weighted by Crippen LogP contribution is 2.34. The molecule has 8 heteroatoms. The summed E-state index contributed by atoms with van der Waals surface area (Å²) in [5.74, 6) is 0.780. The largest absolute Gasteiger partial charge is 0.489 e. The quantitative estimate of drug-likeness (QED) is 0.795. The average molecular weight is 422 g/mol. The van der Waals surface area contributed by atoms with E-state index in [1.165, 1.54) is 16.8 Å². The molecular formula is C21H28ClN3O4. The van der Waals surface area contributed by atoms with Crippen molar-refractivity contribution in [2.24, 2.45) is 13.0 Å². The Balaban J connectivity index is 1.70. The van der Waals surface area contributed by atoms with Gasteiger partial charge in [0, 0.05) is 24.7 Å². The van der Waals surface area contributed by atoms with Crippen molar-refractivity contribution in [3.63, 3.8) is 0 Å². The van der Waals surface area contributed by atoms with Crippen LogP contribution in [-0.4, -0.2) is 43.8 Å². The summed E-state index contributed by atoms with van der Waals surface area (Å²) in [6.07, 6.45) is 4.04. The van der Waals surface area contributed by atoms with Crippen molar-refractivity contribution in [3.05, 3.63) is 33.7 Å². The van der Waals surface area contributed by atoms with Crippen LogP contribution < -0.4 is 10.3 Å². The van der Waals surface area contributed by atoms with E-state index in [0.29, 0.717) is 34.3 Å². The number of ether oxygens (including phenoxy) is 1. The Bertz CT molecular complexity index is 959. The molecule has 0 unspecified atom stereocenters. The molecule has 1 saturated carbocycles. The first-order chi connectivity index (χ1) is 13.6. The predicted octanol–water partition coefficient (Wildman–Crippen LogP) is 4.30. The standard InChI is InChI=1S/C21H28ClN3O4/c1-21(2,3)25(20(27)28)14-7-5-13(6-8-14)12-29-19-15(22)11-23-16-9-10-17(26)24(4)18(16)19/h9-11,13-14H,5-8,12H2,1-4H3,(H,27,28). The first-order valence-electron chi connectivity index (χ1n) is 9.89. The summed E-state index contributed by atoms with van der Waals surface area (Å²) in [7, 11) is 1.67. The fourth-order valence-electron chi connectivity index (χ4n) is 4.19. The number of halogens is 1. The number of carbonyl (C=O) groups is 1. The van der Waals surface area contributed by atoms with Gasteiger partial charge < -0.3 is 19.3 Å². The molecule has 2 aromatic rings. The first-order valence-corrected chi connectivity index (χ1v) is 10.3. The van der Waals surface area contributed by atoms with Gasteiger partial charge in [0.05, 0.1) is 18.3 Å². The lowest BCUT2D eigenvalue weighted by Crippen LogP contribution is -2.52. The van der Waals surface area contributed by atoms with E-state index in [0.717, 1.165) is 25.7 Å². The number of hydrogen-bond donors (Lipinski definition) is 1. The third-order valence-electron chi connectivity index (χ3n) is 5.61. The molecule has 1 aliphatic rings. The van der Waals surface area contributed by atoms with Crippen molar-refractivity contribution < 1.29 is 14.6 Å². The Morgan fingerprint density at radius 2 is 1.97 bits per heavy atom. The lowest BCUT2D eigenvalue weighted by molar-refractivity contribution is 0.0462. The number of carboxylic acid groups (broad SMARTS) is 1. The molecule has 0 saturated heterocycles. The summed E-state index contributed by atoms with van der Waals surface area (Å²) in [6, 6.07) is 3.16. The van der Waals surface area contributed by atoms with Crippen molar-refractivity contribution in [3.8, 4) is 5.75 Å². The van der Waals surface area contributed by atoms with Crippen LogP contribution in [0.5, 0.6) is 5.75 Å². The van der Waals surface area contributed by atoms with Crippen LogP contribution >= 0.6 is 11.6 Å². The van der Waals surface area contributed by atoms with Gasteiger partial charge in [0.25, 0.3) is 5.56 Å². The van der Waals surface area contributed by atoms with Gasteiger partial charge in [-0.3, -0.25) is 9.78 Å². The van der Waals surface area contributed by atoms with Crippen LogP contribution in [0.4, 0.5) is 4.79 Å². The molecule has 0 bridgehead atoms. The molecule has 1 aliphatic carbocycles. The average Bonchev–Trinajstić information content (AvgIpc) is 2.64. The third-order valence-corrected chi connectivity index (χ3v) is 5.88. The number of amides is 1. The van der Waals surface area contributed by atoms with Crippen molar-refractivity contribution in [2.75, 3.05) is 6.61 Å². The van der Waals surface area contributed by atoms with Crippen molar-refractivity contribution in [2.45, 2.75) is 58.0 Å². The maximum absolute atomic E-state index is 12.0.